The molecule has 0 fully saturated rings. The van der Waals surface area contributed by atoms with Crippen LogP contribution >= 0.6 is 0 Å². The minimum absolute atomic E-state index is 0.136. The number of rotatable bonds is 4. The van der Waals surface area contributed by atoms with Gasteiger partial charge in [0.1, 0.15) is 0 Å². The molecule has 0 unspecified atom stereocenters. The Labute approximate surface area is 137 Å². The van der Waals surface area contributed by atoms with Gasteiger partial charge in [-0.25, -0.2) is 13.2 Å². The molecule has 0 aliphatic rings. The standard InChI is InChI=1S/C15H13N5O3S/c1-12-4-6-14(7-5-12)24(22,23)10-9-19-15(21)20(18-17-19)13-3-2-8-16-11-13/h2-11H,1H3. The van der Waals surface area contributed by atoms with Crippen LogP contribution in [0.2, 0.25) is 0 Å². The Hall–Kier alpha value is -3.07. The second-order valence-corrected chi connectivity index (χ2v) is 6.81. The lowest BCUT2D eigenvalue weighted by Gasteiger charge is -1.99. The van der Waals surface area contributed by atoms with E-state index in [0.29, 0.717) is 5.69 Å². The van der Waals surface area contributed by atoms with Crippen LogP contribution < -0.4 is 5.69 Å². The van der Waals surface area contributed by atoms with Gasteiger partial charge in [0, 0.05) is 12.4 Å². The second kappa shape index (κ2) is 6.20. The van der Waals surface area contributed by atoms with E-state index < -0.39 is 15.5 Å². The van der Waals surface area contributed by atoms with Gasteiger partial charge in [-0.15, -0.1) is 0 Å². The molecule has 0 aliphatic carbocycles. The lowest BCUT2D eigenvalue weighted by Crippen LogP contribution is -2.21. The van der Waals surface area contributed by atoms with Crippen molar-refractivity contribution < 1.29 is 8.42 Å². The number of hydrogen-bond donors (Lipinski definition) is 0. The predicted molar refractivity (Wildman–Crippen MR) is 87.1 cm³/mol. The van der Waals surface area contributed by atoms with Crippen LogP contribution in [0.5, 0.6) is 0 Å². The quantitative estimate of drug-likeness (QED) is 0.701. The minimum atomic E-state index is -3.68. The van der Waals surface area contributed by atoms with Crippen molar-refractivity contribution in [3.05, 3.63) is 70.2 Å². The number of benzene rings is 1. The molecule has 1 aromatic carbocycles. The second-order valence-electron chi connectivity index (χ2n) is 4.97. The van der Waals surface area contributed by atoms with Gasteiger partial charge in [0.15, 0.2) is 0 Å². The molecule has 122 valence electrons. The average Bonchev–Trinajstić information content (AvgIpc) is 2.95. The van der Waals surface area contributed by atoms with Crippen LogP contribution in [0.3, 0.4) is 0 Å². The Kier molecular flexibility index (Phi) is 4.09. The molecule has 2 aromatic heterocycles. The molecule has 0 atom stereocenters. The lowest BCUT2D eigenvalue weighted by atomic mass is 10.2. The van der Waals surface area contributed by atoms with Gasteiger partial charge >= 0.3 is 5.69 Å². The Morgan fingerprint density at radius 2 is 1.83 bits per heavy atom. The van der Waals surface area contributed by atoms with Crippen molar-refractivity contribution in [1.29, 1.82) is 0 Å². The first kappa shape index (κ1) is 15.8. The molecule has 0 saturated carbocycles. The normalized spacial score (nSPS) is 11.9. The van der Waals surface area contributed by atoms with Crippen molar-refractivity contribution in [3.63, 3.8) is 0 Å². The van der Waals surface area contributed by atoms with Gasteiger partial charge < -0.3 is 0 Å². The minimum Gasteiger partial charge on any atom is -0.262 e. The van der Waals surface area contributed by atoms with Crippen molar-refractivity contribution in [3.8, 4) is 5.69 Å². The molecule has 0 N–H and O–H groups in total. The van der Waals surface area contributed by atoms with E-state index in [4.69, 9.17) is 0 Å². The predicted octanol–water partition coefficient (Wildman–Crippen LogP) is 1.03. The Morgan fingerprint density at radius 3 is 2.50 bits per heavy atom. The van der Waals surface area contributed by atoms with E-state index in [1.54, 1.807) is 30.5 Å². The van der Waals surface area contributed by atoms with Crippen LogP contribution in [0.1, 0.15) is 5.56 Å². The Balaban J connectivity index is 1.92. The van der Waals surface area contributed by atoms with Crippen molar-refractivity contribution >= 4 is 16.0 Å². The first-order chi connectivity index (χ1) is 11.5. The van der Waals surface area contributed by atoms with E-state index in [1.807, 2.05) is 6.92 Å². The zero-order valence-electron chi connectivity index (χ0n) is 12.6. The first-order valence-corrected chi connectivity index (χ1v) is 8.47. The first-order valence-electron chi connectivity index (χ1n) is 6.92. The number of nitrogens with zero attached hydrogens (tertiary/aromatic N) is 5. The highest BCUT2D eigenvalue weighted by Crippen LogP contribution is 2.13. The van der Waals surface area contributed by atoms with Gasteiger partial charge in [0.25, 0.3) is 0 Å². The van der Waals surface area contributed by atoms with Crippen molar-refractivity contribution in [2.24, 2.45) is 0 Å². The van der Waals surface area contributed by atoms with Gasteiger partial charge in [0.2, 0.25) is 9.84 Å². The zero-order valence-corrected chi connectivity index (χ0v) is 13.5. The van der Waals surface area contributed by atoms with Gasteiger partial charge in [0.05, 0.1) is 22.2 Å². The molecule has 0 aliphatic heterocycles. The van der Waals surface area contributed by atoms with E-state index in [2.05, 4.69) is 15.4 Å². The fourth-order valence-corrected chi connectivity index (χ4v) is 2.88. The summed E-state index contributed by atoms with van der Waals surface area (Å²) in [6.45, 7) is 1.86. The molecule has 0 radical (unpaired) electrons. The van der Waals surface area contributed by atoms with Gasteiger partial charge in [-0.3, -0.25) is 4.98 Å². The summed E-state index contributed by atoms with van der Waals surface area (Å²) >= 11 is 0. The summed E-state index contributed by atoms with van der Waals surface area (Å²) in [5.74, 6) is 0. The summed E-state index contributed by atoms with van der Waals surface area (Å²) in [5, 5.41) is 8.26. The summed E-state index contributed by atoms with van der Waals surface area (Å²) in [6.07, 6.45) is 4.08. The molecule has 3 rings (SSSR count). The summed E-state index contributed by atoms with van der Waals surface area (Å²) in [6, 6.07) is 9.70. The fraction of sp³-hybridized carbons (Fsp3) is 0.0667. The molecule has 0 spiro atoms. The SMILES string of the molecule is Cc1ccc(S(=O)(=O)C=Cn2nnn(-c3cccnc3)c2=O)cc1. The van der Waals surface area contributed by atoms with Gasteiger partial charge in [-0.2, -0.15) is 9.36 Å². The topological polar surface area (TPSA) is 99.7 Å². The highest BCUT2D eigenvalue weighted by molar-refractivity contribution is 7.94. The number of aryl methyl sites for hydroxylation is 1. The summed E-state index contributed by atoms with van der Waals surface area (Å²) in [4.78, 5) is 16.2. The maximum absolute atomic E-state index is 12.2. The summed E-state index contributed by atoms with van der Waals surface area (Å²) < 4.78 is 26.3. The summed E-state index contributed by atoms with van der Waals surface area (Å²) in [5.41, 5.74) is 0.787. The highest BCUT2D eigenvalue weighted by Gasteiger charge is 2.11. The molecule has 3 aromatic rings. The molecule has 0 bridgehead atoms. The van der Waals surface area contributed by atoms with Crippen molar-refractivity contribution in [1.82, 2.24) is 24.8 Å². The molecule has 8 nitrogen and oxygen atoms in total. The van der Waals surface area contributed by atoms with Crippen LogP contribution in [0, 0.1) is 6.92 Å². The summed E-state index contributed by atoms with van der Waals surface area (Å²) in [7, 11) is -3.68. The van der Waals surface area contributed by atoms with Crippen LogP contribution in [0.15, 0.2) is 63.9 Å². The molecule has 0 amide bonds. The van der Waals surface area contributed by atoms with Crippen LogP contribution in [-0.4, -0.2) is 33.2 Å². The molecule has 0 saturated heterocycles. The average molecular weight is 343 g/mol. The maximum Gasteiger partial charge on any atom is 0.372 e. The molecular weight excluding hydrogens is 330 g/mol. The monoisotopic (exact) mass is 343 g/mol. The number of tetrazole rings is 1. The third-order valence-electron chi connectivity index (χ3n) is 3.22. The lowest BCUT2D eigenvalue weighted by molar-refractivity contribution is 0.604. The number of aromatic nitrogens is 5. The number of pyridine rings is 1. The van der Waals surface area contributed by atoms with Crippen LogP contribution in [0.25, 0.3) is 11.9 Å². The van der Waals surface area contributed by atoms with E-state index in [1.165, 1.54) is 18.3 Å². The van der Waals surface area contributed by atoms with Crippen molar-refractivity contribution in [2.75, 3.05) is 0 Å². The fourth-order valence-electron chi connectivity index (χ4n) is 1.94. The molecule has 9 heteroatoms. The smallest absolute Gasteiger partial charge is 0.262 e. The van der Waals surface area contributed by atoms with Gasteiger partial charge in [-0.05, 0) is 41.6 Å². The van der Waals surface area contributed by atoms with E-state index in [-0.39, 0.29) is 4.90 Å². The van der Waals surface area contributed by atoms with Crippen LogP contribution in [-0.2, 0) is 9.84 Å². The van der Waals surface area contributed by atoms with Gasteiger partial charge in [-0.1, -0.05) is 17.7 Å². The third kappa shape index (κ3) is 3.15. The molecule has 2 heterocycles. The van der Waals surface area contributed by atoms with E-state index in [0.717, 1.165) is 26.5 Å². The number of sulfone groups is 1. The highest BCUT2D eigenvalue weighted by atomic mass is 32.2. The van der Waals surface area contributed by atoms with Crippen molar-refractivity contribution in [2.45, 2.75) is 11.8 Å². The Bertz CT molecular complexity index is 1030. The Morgan fingerprint density at radius 1 is 1.08 bits per heavy atom. The van der Waals surface area contributed by atoms with Crippen LogP contribution in [0.4, 0.5) is 0 Å². The molecular formula is C15H13N5O3S. The number of hydrogen-bond acceptors (Lipinski definition) is 6. The molecule has 24 heavy (non-hydrogen) atoms. The van der Waals surface area contributed by atoms with E-state index in [9.17, 15) is 13.2 Å². The van der Waals surface area contributed by atoms with E-state index >= 15 is 0 Å². The zero-order chi connectivity index (χ0) is 17.2. The largest absolute Gasteiger partial charge is 0.372 e. The third-order valence-corrected chi connectivity index (χ3v) is 4.63. The maximum atomic E-state index is 12.2.